The first-order chi connectivity index (χ1) is 7.47. The Bertz CT molecular complexity index is 490. The van der Waals surface area contributed by atoms with Crippen LogP contribution in [0.3, 0.4) is 0 Å². The summed E-state index contributed by atoms with van der Waals surface area (Å²) in [4.78, 5) is 4.49. The van der Waals surface area contributed by atoms with Gasteiger partial charge in [-0.2, -0.15) is 0 Å². The molecular weight excluding hydrogens is 226 g/mol. The molecule has 6 heteroatoms. The summed E-state index contributed by atoms with van der Waals surface area (Å²) in [5.74, 6) is 0.803. The van der Waals surface area contributed by atoms with E-state index in [1.165, 1.54) is 18.5 Å². The van der Waals surface area contributed by atoms with Crippen LogP contribution < -0.4 is 4.72 Å². The van der Waals surface area contributed by atoms with Gasteiger partial charge in [0.05, 0.1) is 18.5 Å². The molecule has 1 aromatic rings. The number of rotatable bonds is 3. The molecule has 0 fully saturated rings. The maximum atomic E-state index is 11.0. The molecule has 0 aliphatic heterocycles. The smallest absolute Gasteiger partial charge is 0.209 e. The number of nitrogens with one attached hydrogen (secondary N) is 1. The van der Waals surface area contributed by atoms with E-state index >= 15 is 0 Å². The van der Waals surface area contributed by atoms with Crippen molar-refractivity contribution in [1.82, 2.24) is 14.3 Å². The molecular formula is C10H17N3O2S. The zero-order valence-corrected chi connectivity index (χ0v) is 10.5. The van der Waals surface area contributed by atoms with Crippen LogP contribution in [0, 0.1) is 0 Å². The van der Waals surface area contributed by atoms with Gasteiger partial charge in [0.2, 0.25) is 10.0 Å². The fourth-order valence-electron chi connectivity index (χ4n) is 2.10. The van der Waals surface area contributed by atoms with Crippen molar-refractivity contribution in [3.8, 4) is 0 Å². The Morgan fingerprint density at radius 1 is 1.38 bits per heavy atom. The summed E-state index contributed by atoms with van der Waals surface area (Å²) in [6.45, 7) is 0.280. The van der Waals surface area contributed by atoms with Crippen molar-refractivity contribution in [2.75, 3.05) is 6.26 Å². The van der Waals surface area contributed by atoms with Crippen molar-refractivity contribution in [2.45, 2.75) is 32.2 Å². The zero-order chi connectivity index (χ0) is 11.8. The summed E-state index contributed by atoms with van der Waals surface area (Å²) in [7, 11) is -1.19. The predicted octanol–water partition coefficient (Wildman–Crippen LogP) is 0.348. The Balaban J connectivity index is 2.19. The lowest BCUT2D eigenvalue weighted by Gasteiger charge is -2.11. The highest BCUT2D eigenvalue weighted by molar-refractivity contribution is 7.88. The summed E-state index contributed by atoms with van der Waals surface area (Å²) in [6, 6.07) is 0. The third-order valence-electron chi connectivity index (χ3n) is 2.96. The molecule has 1 heterocycles. The standard InChI is InChI=1S/C10H17N3O2S/c1-13-9-6-4-3-5-8(9)12-10(13)7-11-16(2,14)15/h11H,3-7H2,1-2H3. The molecule has 1 aliphatic carbocycles. The van der Waals surface area contributed by atoms with Crippen molar-refractivity contribution in [3.63, 3.8) is 0 Å². The summed E-state index contributed by atoms with van der Waals surface area (Å²) < 4.78 is 26.5. The normalized spacial score (nSPS) is 16.1. The fourth-order valence-corrected chi connectivity index (χ4v) is 2.49. The molecule has 1 aliphatic rings. The van der Waals surface area contributed by atoms with Gasteiger partial charge in [-0.3, -0.25) is 0 Å². The molecule has 0 saturated heterocycles. The molecule has 0 atom stereocenters. The second kappa shape index (κ2) is 4.18. The van der Waals surface area contributed by atoms with Crippen molar-refractivity contribution >= 4 is 10.0 Å². The van der Waals surface area contributed by atoms with Crippen LogP contribution in [0.25, 0.3) is 0 Å². The second-order valence-electron chi connectivity index (χ2n) is 4.28. The lowest BCUT2D eigenvalue weighted by Crippen LogP contribution is -2.23. The SMILES string of the molecule is Cn1c(CNS(C)(=O)=O)nc2c1CCCC2. The monoisotopic (exact) mass is 243 g/mol. The summed E-state index contributed by atoms with van der Waals surface area (Å²) in [5.41, 5.74) is 2.40. The van der Waals surface area contributed by atoms with Crippen LogP contribution in [-0.4, -0.2) is 24.2 Å². The van der Waals surface area contributed by atoms with E-state index in [2.05, 4.69) is 9.71 Å². The maximum Gasteiger partial charge on any atom is 0.209 e. The van der Waals surface area contributed by atoms with Crippen molar-refractivity contribution in [1.29, 1.82) is 0 Å². The number of aromatic nitrogens is 2. The molecule has 0 radical (unpaired) electrons. The van der Waals surface area contributed by atoms with E-state index in [9.17, 15) is 8.42 Å². The number of hydrogen-bond acceptors (Lipinski definition) is 3. The van der Waals surface area contributed by atoms with Gasteiger partial charge < -0.3 is 4.57 Å². The van der Waals surface area contributed by atoms with Crippen LogP contribution in [0.5, 0.6) is 0 Å². The van der Waals surface area contributed by atoms with Gasteiger partial charge in [0.1, 0.15) is 5.82 Å². The van der Waals surface area contributed by atoms with E-state index in [1.807, 2.05) is 11.6 Å². The van der Waals surface area contributed by atoms with Crippen LogP contribution in [-0.2, 0) is 36.5 Å². The minimum Gasteiger partial charge on any atom is -0.334 e. The van der Waals surface area contributed by atoms with E-state index in [1.54, 1.807) is 0 Å². The van der Waals surface area contributed by atoms with Gasteiger partial charge in [0, 0.05) is 12.7 Å². The average molecular weight is 243 g/mol. The summed E-state index contributed by atoms with van der Waals surface area (Å²) in [5, 5.41) is 0. The van der Waals surface area contributed by atoms with Crippen molar-refractivity contribution in [2.24, 2.45) is 7.05 Å². The molecule has 0 saturated carbocycles. The number of imidazole rings is 1. The number of fused-ring (bicyclic) bond motifs is 1. The van der Waals surface area contributed by atoms with E-state index in [0.717, 1.165) is 30.6 Å². The molecule has 0 amide bonds. The second-order valence-corrected chi connectivity index (χ2v) is 6.11. The molecule has 0 unspecified atom stereocenters. The van der Waals surface area contributed by atoms with E-state index in [0.29, 0.717) is 0 Å². The van der Waals surface area contributed by atoms with Gasteiger partial charge in [-0.25, -0.2) is 18.1 Å². The molecule has 2 rings (SSSR count). The quantitative estimate of drug-likeness (QED) is 0.833. The van der Waals surface area contributed by atoms with E-state index in [-0.39, 0.29) is 6.54 Å². The summed E-state index contributed by atoms with van der Waals surface area (Å²) >= 11 is 0. The first kappa shape index (κ1) is 11.6. The number of hydrogen-bond donors (Lipinski definition) is 1. The molecule has 5 nitrogen and oxygen atoms in total. The zero-order valence-electron chi connectivity index (χ0n) is 9.65. The Morgan fingerprint density at radius 2 is 2.06 bits per heavy atom. The molecule has 1 N–H and O–H groups in total. The molecule has 16 heavy (non-hydrogen) atoms. The van der Waals surface area contributed by atoms with Gasteiger partial charge in [-0.15, -0.1) is 0 Å². The topological polar surface area (TPSA) is 64.0 Å². The fraction of sp³-hybridized carbons (Fsp3) is 0.700. The highest BCUT2D eigenvalue weighted by Crippen LogP contribution is 2.21. The minimum atomic E-state index is -3.14. The molecule has 1 aromatic heterocycles. The van der Waals surface area contributed by atoms with Crippen LogP contribution in [0.4, 0.5) is 0 Å². The number of sulfonamides is 1. The Kier molecular flexibility index (Phi) is 3.03. The van der Waals surface area contributed by atoms with Gasteiger partial charge in [-0.05, 0) is 25.7 Å². The van der Waals surface area contributed by atoms with Crippen molar-refractivity contribution in [3.05, 3.63) is 17.2 Å². The van der Waals surface area contributed by atoms with Gasteiger partial charge >= 0.3 is 0 Å². The Hall–Kier alpha value is -0.880. The minimum absolute atomic E-state index is 0.280. The molecule has 0 aromatic carbocycles. The van der Waals surface area contributed by atoms with E-state index in [4.69, 9.17) is 0 Å². The summed E-state index contributed by atoms with van der Waals surface area (Å²) in [6.07, 6.45) is 5.62. The maximum absolute atomic E-state index is 11.0. The Labute approximate surface area is 95.9 Å². The highest BCUT2D eigenvalue weighted by Gasteiger charge is 2.18. The predicted molar refractivity (Wildman–Crippen MR) is 61.5 cm³/mol. The number of aryl methyl sites for hydroxylation is 1. The lowest BCUT2D eigenvalue weighted by molar-refractivity contribution is 0.582. The average Bonchev–Trinajstić information content (AvgIpc) is 2.53. The highest BCUT2D eigenvalue weighted by atomic mass is 32.2. The van der Waals surface area contributed by atoms with Gasteiger partial charge in [0.25, 0.3) is 0 Å². The van der Waals surface area contributed by atoms with Crippen LogP contribution in [0.2, 0.25) is 0 Å². The molecule has 0 bridgehead atoms. The van der Waals surface area contributed by atoms with Gasteiger partial charge in [0.15, 0.2) is 0 Å². The van der Waals surface area contributed by atoms with Crippen LogP contribution >= 0.6 is 0 Å². The lowest BCUT2D eigenvalue weighted by atomic mass is 10.0. The Morgan fingerprint density at radius 3 is 2.69 bits per heavy atom. The first-order valence-electron chi connectivity index (χ1n) is 5.45. The van der Waals surface area contributed by atoms with Crippen molar-refractivity contribution < 1.29 is 8.42 Å². The third-order valence-corrected chi connectivity index (χ3v) is 3.63. The first-order valence-corrected chi connectivity index (χ1v) is 7.34. The number of nitrogens with zero attached hydrogens (tertiary/aromatic N) is 2. The van der Waals surface area contributed by atoms with E-state index < -0.39 is 10.0 Å². The molecule has 90 valence electrons. The van der Waals surface area contributed by atoms with Crippen LogP contribution in [0.1, 0.15) is 30.1 Å². The molecule has 0 spiro atoms. The van der Waals surface area contributed by atoms with Gasteiger partial charge in [-0.1, -0.05) is 0 Å². The third kappa shape index (κ3) is 2.44. The van der Waals surface area contributed by atoms with Crippen LogP contribution in [0.15, 0.2) is 0 Å². The largest absolute Gasteiger partial charge is 0.334 e.